The van der Waals surface area contributed by atoms with Crippen LogP contribution in [-0.2, 0) is 0 Å². The van der Waals surface area contributed by atoms with Gasteiger partial charge in [0.15, 0.2) is 0 Å². The lowest BCUT2D eigenvalue weighted by molar-refractivity contribution is 0.0595. The average molecular weight is 374 g/mol. The van der Waals surface area contributed by atoms with Crippen molar-refractivity contribution in [2.75, 3.05) is 26.2 Å². The van der Waals surface area contributed by atoms with Crippen molar-refractivity contribution in [2.45, 2.75) is 19.9 Å². The number of amides is 1. The summed E-state index contributed by atoms with van der Waals surface area (Å²) in [4.78, 5) is 17.4. The third-order valence-corrected chi connectivity index (χ3v) is 5.57. The summed E-state index contributed by atoms with van der Waals surface area (Å²) < 4.78 is 5.42. The van der Waals surface area contributed by atoms with E-state index in [1.54, 1.807) is 6.26 Å². The van der Waals surface area contributed by atoms with E-state index in [-0.39, 0.29) is 11.9 Å². The molecule has 0 radical (unpaired) electrons. The molecular weight excluding hydrogens is 348 g/mol. The molecular formula is C24H26N2O2. The number of piperazine rings is 1. The van der Waals surface area contributed by atoms with Gasteiger partial charge in [-0.3, -0.25) is 9.69 Å². The van der Waals surface area contributed by atoms with Gasteiger partial charge in [0.25, 0.3) is 5.91 Å². The third-order valence-electron chi connectivity index (χ3n) is 5.57. The normalized spacial score (nSPS) is 15.2. The van der Waals surface area contributed by atoms with Crippen LogP contribution in [0.2, 0.25) is 0 Å². The van der Waals surface area contributed by atoms with Gasteiger partial charge in [0.05, 0.1) is 17.9 Å². The molecule has 1 aliphatic heterocycles. The van der Waals surface area contributed by atoms with E-state index in [2.05, 4.69) is 65.6 Å². The number of carbonyl (C=O) groups excluding carboxylic acids is 1. The van der Waals surface area contributed by atoms with Crippen LogP contribution in [0, 0.1) is 13.8 Å². The van der Waals surface area contributed by atoms with Gasteiger partial charge in [-0.2, -0.15) is 0 Å². The molecule has 0 aliphatic carbocycles. The molecule has 1 saturated heterocycles. The largest absolute Gasteiger partial charge is 0.469 e. The van der Waals surface area contributed by atoms with Gasteiger partial charge in [-0.25, -0.2) is 0 Å². The molecule has 4 heteroatoms. The Morgan fingerprint density at radius 3 is 1.86 bits per heavy atom. The predicted molar refractivity (Wildman–Crippen MR) is 110 cm³/mol. The molecule has 0 atom stereocenters. The van der Waals surface area contributed by atoms with E-state index in [9.17, 15) is 4.79 Å². The van der Waals surface area contributed by atoms with Gasteiger partial charge >= 0.3 is 0 Å². The molecule has 0 spiro atoms. The molecule has 0 bridgehead atoms. The topological polar surface area (TPSA) is 36.7 Å². The maximum atomic E-state index is 13.0. The standard InChI is InChI=1S/C24H26N2O2/c1-18-17-28-19(2)22(18)24(27)26-15-13-25(14-16-26)23(20-9-5-3-6-10-20)21-11-7-4-8-12-21/h3-12,17,23H,13-16H2,1-2H3. The number of hydrogen-bond donors (Lipinski definition) is 0. The molecule has 1 amide bonds. The van der Waals surface area contributed by atoms with Crippen LogP contribution in [0.25, 0.3) is 0 Å². The highest BCUT2D eigenvalue weighted by molar-refractivity contribution is 5.96. The molecule has 0 N–H and O–H groups in total. The van der Waals surface area contributed by atoms with Crippen LogP contribution in [0.4, 0.5) is 0 Å². The van der Waals surface area contributed by atoms with Crippen molar-refractivity contribution < 1.29 is 9.21 Å². The van der Waals surface area contributed by atoms with Gasteiger partial charge in [-0.1, -0.05) is 60.7 Å². The summed E-state index contributed by atoms with van der Waals surface area (Å²) in [6.07, 6.45) is 1.67. The molecule has 1 aromatic heterocycles. The zero-order chi connectivity index (χ0) is 19.5. The van der Waals surface area contributed by atoms with E-state index < -0.39 is 0 Å². The Morgan fingerprint density at radius 2 is 1.39 bits per heavy atom. The van der Waals surface area contributed by atoms with Crippen LogP contribution < -0.4 is 0 Å². The highest BCUT2D eigenvalue weighted by Crippen LogP contribution is 2.30. The number of furan rings is 1. The van der Waals surface area contributed by atoms with Crippen LogP contribution in [0.3, 0.4) is 0 Å². The first-order valence-electron chi connectivity index (χ1n) is 9.83. The molecule has 0 unspecified atom stereocenters. The zero-order valence-corrected chi connectivity index (χ0v) is 16.5. The predicted octanol–water partition coefficient (Wildman–Crippen LogP) is 4.44. The first-order chi connectivity index (χ1) is 13.6. The second-order valence-electron chi connectivity index (χ2n) is 7.40. The van der Waals surface area contributed by atoms with Gasteiger partial charge in [-0.15, -0.1) is 0 Å². The molecule has 2 heterocycles. The molecule has 0 saturated carbocycles. The summed E-state index contributed by atoms with van der Waals surface area (Å²) in [7, 11) is 0. The number of hydrogen-bond acceptors (Lipinski definition) is 3. The number of nitrogens with zero attached hydrogens (tertiary/aromatic N) is 2. The summed E-state index contributed by atoms with van der Waals surface area (Å²) in [6.45, 7) is 6.92. The lowest BCUT2D eigenvalue weighted by Crippen LogP contribution is -2.50. The van der Waals surface area contributed by atoms with E-state index in [1.165, 1.54) is 11.1 Å². The Morgan fingerprint density at radius 1 is 0.857 bits per heavy atom. The molecule has 3 aromatic rings. The molecule has 1 aliphatic rings. The van der Waals surface area contributed by atoms with Gasteiger partial charge in [-0.05, 0) is 25.0 Å². The van der Waals surface area contributed by atoms with Crippen LogP contribution in [0.15, 0.2) is 71.3 Å². The van der Waals surface area contributed by atoms with Crippen molar-refractivity contribution in [3.63, 3.8) is 0 Å². The Balaban J connectivity index is 1.53. The van der Waals surface area contributed by atoms with E-state index in [0.29, 0.717) is 5.76 Å². The third kappa shape index (κ3) is 3.60. The first kappa shape index (κ1) is 18.5. The van der Waals surface area contributed by atoms with Crippen LogP contribution in [0.5, 0.6) is 0 Å². The summed E-state index contributed by atoms with van der Waals surface area (Å²) in [6, 6.07) is 21.4. The number of carbonyl (C=O) groups is 1. The van der Waals surface area contributed by atoms with Crippen molar-refractivity contribution in [1.82, 2.24) is 9.80 Å². The minimum Gasteiger partial charge on any atom is -0.469 e. The second kappa shape index (κ2) is 8.03. The average Bonchev–Trinajstić information content (AvgIpc) is 3.08. The lowest BCUT2D eigenvalue weighted by atomic mass is 9.96. The van der Waals surface area contributed by atoms with Gasteiger partial charge < -0.3 is 9.32 Å². The summed E-state index contributed by atoms with van der Waals surface area (Å²) in [5.74, 6) is 0.788. The van der Waals surface area contributed by atoms with E-state index in [4.69, 9.17) is 4.42 Å². The fourth-order valence-corrected chi connectivity index (χ4v) is 4.12. The molecule has 4 nitrogen and oxygen atoms in total. The molecule has 28 heavy (non-hydrogen) atoms. The summed E-state index contributed by atoms with van der Waals surface area (Å²) in [5, 5.41) is 0. The number of benzene rings is 2. The summed E-state index contributed by atoms with van der Waals surface area (Å²) in [5.41, 5.74) is 4.21. The number of rotatable bonds is 4. The van der Waals surface area contributed by atoms with E-state index in [0.717, 1.165) is 37.3 Å². The summed E-state index contributed by atoms with van der Waals surface area (Å²) >= 11 is 0. The Hall–Kier alpha value is -2.85. The SMILES string of the molecule is Cc1coc(C)c1C(=O)N1CCN(C(c2ccccc2)c2ccccc2)CC1. The highest BCUT2D eigenvalue weighted by Gasteiger charge is 2.30. The maximum Gasteiger partial charge on any atom is 0.257 e. The smallest absolute Gasteiger partial charge is 0.257 e. The fourth-order valence-electron chi connectivity index (χ4n) is 4.12. The first-order valence-corrected chi connectivity index (χ1v) is 9.83. The monoisotopic (exact) mass is 374 g/mol. The van der Waals surface area contributed by atoms with Crippen molar-refractivity contribution in [3.8, 4) is 0 Å². The van der Waals surface area contributed by atoms with Crippen LogP contribution >= 0.6 is 0 Å². The quantitative estimate of drug-likeness (QED) is 0.677. The lowest BCUT2D eigenvalue weighted by Gasteiger charge is -2.39. The maximum absolute atomic E-state index is 13.0. The van der Waals surface area contributed by atoms with Gasteiger partial charge in [0.1, 0.15) is 5.76 Å². The zero-order valence-electron chi connectivity index (χ0n) is 16.5. The fraction of sp³-hybridized carbons (Fsp3) is 0.292. The van der Waals surface area contributed by atoms with Gasteiger partial charge in [0, 0.05) is 31.7 Å². The second-order valence-corrected chi connectivity index (χ2v) is 7.40. The van der Waals surface area contributed by atoms with Crippen LogP contribution in [0.1, 0.15) is 38.9 Å². The molecule has 144 valence electrons. The van der Waals surface area contributed by atoms with Crippen molar-refractivity contribution in [1.29, 1.82) is 0 Å². The molecule has 1 fully saturated rings. The Labute approximate surface area is 166 Å². The minimum absolute atomic E-state index is 0.0828. The number of aryl methyl sites for hydroxylation is 2. The highest BCUT2D eigenvalue weighted by atomic mass is 16.3. The van der Waals surface area contributed by atoms with E-state index in [1.807, 2.05) is 18.7 Å². The van der Waals surface area contributed by atoms with Crippen molar-refractivity contribution in [3.05, 3.63) is 94.9 Å². The minimum atomic E-state index is 0.0828. The Bertz CT molecular complexity index is 867. The van der Waals surface area contributed by atoms with Gasteiger partial charge in [0.2, 0.25) is 0 Å². The molecule has 2 aromatic carbocycles. The van der Waals surface area contributed by atoms with Crippen molar-refractivity contribution >= 4 is 5.91 Å². The van der Waals surface area contributed by atoms with E-state index >= 15 is 0 Å². The Kier molecular flexibility index (Phi) is 5.31. The van der Waals surface area contributed by atoms with Crippen LogP contribution in [-0.4, -0.2) is 41.9 Å². The van der Waals surface area contributed by atoms with Crippen molar-refractivity contribution in [2.24, 2.45) is 0 Å². The molecule has 4 rings (SSSR count).